The van der Waals surface area contributed by atoms with Crippen molar-refractivity contribution in [2.75, 3.05) is 12.4 Å². The normalized spacial score (nSPS) is 10.9. The van der Waals surface area contributed by atoms with Gasteiger partial charge in [0.05, 0.1) is 22.2 Å². The molecule has 0 unspecified atom stereocenters. The van der Waals surface area contributed by atoms with Crippen molar-refractivity contribution in [2.24, 2.45) is 0 Å². The first kappa shape index (κ1) is 17.7. The third-order valence-electron chi connectivity index (χ3n) is 4.06. The van der Waals surface area contributed by atoms with E-state index in [0.717, 1.165) is 0 Å². The summed E-state index contributed by atoms with van der Waals surface area (Å²) >= 11 is 1.27. The minimum Gasteiger partial charge on any atom is -0.497 e. The maximum Gasteiger partial charge on any atom is 0.432 e. The number of methoxy groups -OCH3 is 1. The van der Waals surface area contributed by atoms with Crippen LogP contribution in [0.25, 0.3) is 15.9 Å². The number of aromatic amines is 1. The molecule has 4 rings (SSSR count). The molecule has 0 aliphatic rings. The summed E-state index contributed by atoms with van der Waals surface area (Å²) in [7, 11) is 1.57. The Morgan fingerprint density at radius 2 is 2.11 bits per heavy atom. The van der Waals surface area contributed by atoms with Crippen LogP contribution in [0.15, 0.2) is 51.8 Å². The highest BCUT2D eigenvalue weighted by Crippen LogP contribution is 2.29. The van der Waals surface area contributed by atoms with Gasteiger partial charge in [-0.05, 0) is 28.2 Å². The molecule has 0 saturated heterocycles. The Morgan fingerprint density at radius 1 is 1.32 bits per heavy atom. The number of anilines is 1. The van der Waals surface area contributed by atoms with Gasteiger partial charge in [0.2, 0.25) is 5.69 Å². The van der Waals surface area contributed by atoms with Gasteiger partial charge in [0.1, 0.15) is 12.3 Å². The molecule has 2 aromatic carbocycles. The zero-order valence-electron chi connectivity index (χ0n) is 14.5. The van der Waals surface area contributed by atoms with Crippen LogP contribution >= 0.6 is 11.3 Å². The molecule has 0 radical (unpaired) electrons. The van der Waals surface area contributed by atoms with Gasteiger partial charge in [-0.1, -0.05) is 11.3 Å². The number of ether oxygens (including phenoxy) is 1. The topological polar surface area (TPSA) is 127 Å². The lowest BCUT2D eigenvalue weighted by atomic mass is 10.3. The van der Waals surface area contributed by atoms with Gasteiger partial charge in [-0.25, -0.2) is 9.78 Å². The van der Waals surface area contributed by atoms with Crippen LogP contribution in [0, 0.1) is 10.1 Å². The Balaban J connectivity index is 1.58. The van der Waals surface area contributed by atoms with E-state index < -0.39 is 10.5 Å². The molecule has 0 fully saturated rings. The molecule has 2 heterocycles. The average molecular weight is 400 g/mol. The lowest BCUT2D eigenvalue weighted by Crippen LogP contribution is -2.39. The molecule has 2 N–H and O–H groups in total. The molecule has 0 spiro atoms. The molecule has 10 nitrogen and oxygen atoms in total. The van der Waals surface area contributed by atoms with Crippen LogP contribution in [0.1, 0.15) is 5.69 Å². The van der Waals surface area contributed by atoms with Crippen molar-refractivity contribution < 1.29 is 18.9 Å². The Kier molecular flexibility index (Phi) is 4.49. The van der Waals surface area contributed by atoms with Gasteiger partial charge in [0, 0.05) is 24.3 Å². The van der Waals surface area contributed by atoms with Crippen LogP contribution in [-0.2, 0) is 6.54 Å². The van der Waals surface area contributed by atoms with Crippen molar-refractivity contribution in [3.8, 4) is 11.4 Å². The predicted molar refractivity (Wildman–Crippen MR) is 101 cm³/mol. The third-order valence-corrected chi connectivity index (χ3v) is 5.03. The van der Waals surface area contributed by atoms with Gasteiger partial charge >= 0.3 is 11.3 Å². The summed E-state index contributed by atoms with van der Waals surface area (Å²) in [5.74, 6) is 0.693. The monoisotopic (exact) mass is 400 g/mol. The molecule has 2 aromatic heterocycles. The summed E-state index contributed by atoms with van der Waals surface area (Å²) < 4.78 is 12.2. The van der Waals surface area contributed by atoms with Crippen LogP contribution in [0.4, 0.5) is 10.8 Å². The van der Waals surface area contributed by atoms with Crippen LogP contribution in [0.3, 0.4) is 0 Å². The fourth-order valence-corrected chi connectivity index (χ4v) is 3.54. The number of nitrogens with zero attached hydrogens (tertiary/aromatic N) is 3. The van der Waals surface area contributed by atoms with E-state index in [9.17, 15) is 14.9 Å². The Morgan fingerprint density at radius 3 is 2.82 bits per heavy atom. The van der Waals surface area contributed by atoms with E-state index in [1.807, 2.05) is 0 Å². The number of fused-ring (bicyclic) bond motifs is 1. The zero-order valence-corrected chi connectivity index (χ0v) is 15.4. The van der Waals surface area contributed by atoms with E-state index in [1.54, 1.807) is 37.4 Å². The molecular weight excluding hydrogens is 386 g/mol. The second-order valence-corrected chi connectivity index (χ2v) is 6.77. The molecular formula is C17H14N5O5S+. The maximum absolute atomic E-state index is 12.1. The van der Waals surface area contributed by atoms with Crippen molar-refractivity contribution in [3.05, 3.63) is 68.7 Å². The highest BCUT2D eigenvalue weighted by atomic mass is 32.1. The summed E-state index contributed by atoms with van der Waals surface area (Å²) in [5, 5.41) is 17.1. The Labute approximate surface area is 161 Å². The molecule has 4 aromatic rings. The first-order chi connectivity index (χ1) is 13.5. The Bertz CT molecular complexity index is 1210. The lowest BCUT2D eigenvalue weighted by Gasteiger charge is -1.99. The Hall–Kier alpha value is -3.73. The summed E-state index contributed by atoms with van der Waals surface area (Å²) in [6.45, 7) is 0.153. The largest absolute Gasteiger partial charge is 0.497 e. The van der Waals surface area contributed by atoms with Crippen LogP contribution < -0.4 is 20.4 Å². The van der Waals surface area contributed by atoms with Crippen LogP contribution in [-0.4, -0.2) is 22.3 Å². The molecule has 0 aliphatic heterocycles. The van der Waals surface area contributed by atoms with Crippen molar-refractivity contribution in [2.45, 2.75) is 6.54 Å². The van der Waals surface area contributed by atoms with E-state index in [0.29, 0.717) is 32.5 Å². The number of hydrogen-bond acceptors (Lipinski definition) is 8. The van der Waals surface area contributed by atoms with Gasteiger partial charge in [-0.3, -0.25) is 14.6 Å². The number of thiazole rings is 1. The fourth-order valence-electron chi connectivity index (χ4n) is 2.65. The van der Waals surface area contributed by atoms with E-state index >= 15 is 0 Å². The standard InChI is InChI=1S/C17H13N5O5S/c1-26-12-5-2-10(3-6-12)21-14(16(23)27-20-21)9-18-17-19-13-7-4-11(22(24)25)8-15(13)28-17/h2-8H,9H2,1H3,(H-,18,19,20,23)/p+1. The number of H-pyrrole nitrogens is 1. The summed E-state index contributed by atoms with van der Waals surface area (Å²) in [6.07, 6.45) is 0. The molecule has 0 atom stereocenters. The van der Waals surface area contributed by atoms with Crippen molar-refractivity contribution >= 4 is 32.4 Å². The van der Waals surface area contributed by atoms with Gasteiger partial charge < -0.3 is 10.1 Å². The van der Waals surface area contributed by atoms with Gasteiger partial charge in [-0.15, -0.1) is 0 Å². The van der Waals surface area contributed by atoms with Crippen LogP contribution in [0.5, 0.6) is 5.75 Å². The SMILES string of the molecule is COc1ccc(-[n+]2[nH]oc(=O)c2CNc2nc3ccc([N+](=O)[O-])cc3s2)cc1. The first-order valence-corrected chi connectivity index (χ1v) is 8.92. The highest BCUT2D eigenvalue weighted by Gasteiger charge is 2.23. The van der Waals surface area contributed by atoms with Crippen molar-refractivity contribution in [1.29, 1.82) is 0 Å². The zero-order chi connectivity index (χ0) is 19.7. The fraction of sp³-hybridized carbons (Fsp3) is 0.118. The second kappa shape index (κ2) is 7.12. The van der Waals surface area contributed by atoms with Crippen molar-refractivity contribution in [1.82, 2.24) is 10.3 Å². The molecule has 0 bridgehead atoms. The van der Waals surface area contributed by atoms with Crippen molar-refractivity contribution in [3.63, 3.8) is 0 Å². The number of benzene rings is 2. The minimum absolute atomic E-state index is 0.00586. The van der Waals surface area contributed by atoms with E-state index in [1.165, 1.54) is 28.2 Å². The number of nitro benzene ring substituents is 1. The number of non-ortho nitro benzene ring substituents is 1. The number of rotatable bonds is 6. The molecule has 11 heteroatoms. The van der Waals surface area contributed by atoms with E-state index in [-0.39, 0.29) is 12.2 Å². The number of nitro groups is 1. The summed E-state index contributed by atoms with van der Waals surface area (Å²) in [4.78, 5) is 26.9. The predicted octanol–water partition coefficient (Wildman–Crippen LogP) is 2.38. The van der Waals surface area contributed by atoms with E-state index in [4.69, 9.17) is 9.26 Å². The maximum atomic E-state index is 12.1. The summed E-state index contributed by atoms with van der Waals surface area (Å²) in [6, 6.07) is 11.6. The number of hydrogen-bond donors (Lipinski definition) is 2. The molecule has 142 valence electrons. The number of nitrogens with one attached hydrogen (secondary N) is 2. The lowest BCUT2D eigenvalue weighted by molar-refractivity contribution is -0.677. The molecule has 0 saturated carbocycles. The van der Waals surface area contributed by atoms with E-state index in [2.05, 4.69) is 15.6 Å². The highest BCUT2D eigenvalue weighted by molar-refractivity contribution is 7.22. The summed E-state index contributed by atoms with van der Waals surface area (Å²) in [5.41, 5.74) is 1.17. The quantitative estimate of drug-likeness (QED) is 0.289. The second-order valence-electron chi connectivity index (χ2n) is 5.74. The minimum atomic E-state index is -0.514. The first-order valence-electron chi connectivity index (χ1n) is 8.11. The van der Waals surface area contributed by atoms with Gasteiger partial charge in [-0.2, -0.15) is 0 Å². The molecule has 0 amide bonds. The average Bonchev–Trinajstić information content (AvgIpc) is 3.28. The van der Waals surface area contributed by atoms with Crippen LogP contribution in [0.2, 0.25) is 0 Å². The number of aromatic nitrogens is 3. The molecule has 28 heavy (non-hydrogen) atoms. The van der Waals surface area contributed by atoms with Gasteiger partial charge in [0.25, 0.3) is 5.69 Å². The van der Waals surface area contributed by atoms with Gasteiger partial charge in [0.15, 0.2) is 5.13 Å². The smallest absolute Gasteiger partial charge is 0.432 e. The third kappa shape index (κ3) is 3.30. The molecule has 0 aliphatic carbocycles.